The Kier molecular flexibility index (Phi) is 2.47. The third-order valence-corrected chi connectivity index (χ3v) is 3.22. The molecule has 82 valence electrons. The van der Waals surface area contributed by atoms with Crippen molar-refractivity contribution in [1.29, 1.82) is 0 Å². The van der Waals surface area contributed by atoms with E-state index in [2.05, 4.69) is 4.98 Å². The summed E-state index contributed by atoms with van der Waals surface area (Å²) >= 11 is 0. The van der Waals surface area contributed by atoms with E-state index in [1.807, 2.05) is 0 Å². The Bertz CT molecular complexity index is 662. The molecule has 0 aliphatic rings. The van der Waals surface area contributed by atoms with Crippen molar-refractivity contribution in [2.24, 2.45) is 0 Å². The molecule has 1 heterocycles. The molecular formula is C11H9NO3S. The third kappa shape index (κ3) is 1.81. The summed E-state index contributed by atoms with van der Waals surface area (Å²) in [7, 11) is -3.48. The van der Waals surface area contributed by atoms with Gasteiger partial charge < -0.3 is 0 Å². The number of rotatable bonds is 2. The molecule has 4 nitrogen and oxygen atoms in total. The van der Waals surface area contributed by atoms with Gasteiger partial charge in [0.25, 0.3) is 0 Å². The zero-order valence-electron chi connectivity index (χ0n) is 8.54. The molecule has 0 aliphatic heterocycles. The van der Waals surface area contributed by atoms with E-state index in [1.54, 1.807) is 24.3 Å². The molecule has 16 heavy (non-hydrogen) atoms. The number of benzene rings is 1. The molecule has 0 aliphatic carbocycles. The quantitative estimate of drug-likeness (QED) is 0.739. The maximum atomic E-state index is 11.4. The normalized spacial score (nSPS) is 11.6. The Labute approximate surface area is 92.8 Å². The second-order valence-electron chi connectivity index (χ2n) is 3.47. The Morgan fingerprint density at radius 3 is 2.56 bits per heavy atom. The molecule has 0 bridgehead atoms. The molecular weight excluding hydrogens is 226 g/mol. The molecule has 0 atom stereocenters. The van der Waals surface area contributed by atoms with Gasteiger partial charge in [0.2, 0.25) is 0 Å². The summed E-state index contributed by atoms with van der Waals surface area (Å²) in [5, 5.41) is 0.582. The lowest BCUT2D eigenvalue weighted by atomic mass is 10.2. The maximum absolute atomic E-state index is 11.4. The van der Waals surface area contributed by atoms with Gasteiger partial charge in [-0.15, -0.1) is 0 Å². The zero-order chi connectivity index (χ0) is 11.8. The third-order valence-electron chi connectivity index (χ3n) is 2.19. The number of sulfone groups is 1. The molecule has 2 rings (SSSR count). The van der Waals surface area contributed by atoms with Crippen LogP contribution in [0.15, 0.2) is 35.4 Å². The van der Waals surface area contributed by atoms with Crippen LogP contribution in [0.2, 0.25) is 0 Å². The van der Waals surface area contributed by atoms with E-state index >= 15 is 0 Å². The SMILES string of the molecule is CS(=O)(=O)c1nc2ccccc2cc1C=O. The average molecular weight is 235 g/mol. The Hall–Kier alpha value is -1.75. The number of aromatic nitrogens is 1. The first-order valence-electron chi connectivity index (χ1n) is 4.57. The number of hydrogen-bond donors (Lipinski definition) is 0. The van der Waals surface area contributed by atoms with E-state index in [4.69, 9.17) is 0 Å². The van der Waals surface area contributed by atoms with E-state index in [9.17, 15) is 13.2 Å². The number of carbonyl (C=O) groups excluding carboxylic acids is 1. The lowest BCUT2D eigenvalue weighted by Gasteiger charge is -2.03. The lowest BCUT2D eigenvalue weighted by molar-refractivity contribution is 0.112. The minimum Gasteiger partial charge on any atom is -0.298 e. The van der Waals surface area contributed by atoms with Gasteiger partial charge in [0.15, 0.2) is 21.1 Å². The van der Waals surface area contributed by atoms with Crippen molar-refractivity contribution in [1.82, 2.24) is 4.98 Å². The molecule has 1 aromatic carbocycles. The second kappa shape index (κ2) is 3.68. The van der Waals surface area contributed by atoms with E-state index in [-0.39, 0.29) is 10.6 Å². The second-order valence-corrected chi connectivity index (χ2v) is 5.40. The summed E-state index contributed by atoms with van der Waals surface area (Å²) in [6.07, 6.45) is 1.55. The minimum atomic E-state index is -3.48. The average Bonchev–Trinajstić information content (AvgIpc) is 2.26. The van der Waals surface area contributed by atoms with Crippen LogP contribution in [0, 0.1) is 0 Å². The van der Waals surface area contributed by atoms with Gasteiger partial charge >= 0.3 is 0 Å². The van der Waals surface area contributed by atoms with Gasteiger partial charge in [-0.2, -0.15) is 0 Å². The van der Waals surface area contributed by atoms with Gasteiger partial charge in [-0.25, -0.2) is 13.4 Å². The number of pyridine rings is 1. The zero-order valence-corrected chi connectivity index (χ0v) is 9.36. The number of hydrogen-bond acceptors (Lipinski definition) is 4. The number of carbonyl (C=O) groups is 1. The Balaban J connectivity index is 2.88. The fraction of sp³-hybridized carbons (Fsp3) is 0.0909. The fourth-order valence-corrected chi connectivity index (χ4v) is 2.30. The van der Waals surface area contributed by atoms with Crippen LogP contribution in [-0.2, 0) is 9.84 Å². The monoisotopic (exact) mass is 235 g/mol. The van der Waals surface area contributed by atoms with Gasteiger partial charge in [-0.05, 0) is 12.1 Å². The molecule has 0 fully saturated rings. The van der Waals surface area contributed by atoms with Gasteiger partial charge in [0.05, 0.1) is 11.1 Å². The summed E-state index contributed by atoms with van der Waals surface area (Å²) in [4.78, 5) is 14.8. The van der Waals surface area contributed by atoms with Crippen LogP contribution in [0.3, 0.4) is 0 Å². The number of aldehydes is 1. The van der Waals surface area contributed by atoms with E-state index in [0.29, 0.717) is 11.8 Å². The highest BCUT2D eigenvalue weighted by Crippen LogP contribution is 2.18. The first-order valence-corrected chi connectivity index (χ1v) is 6.46. The van der Waals surface area contributed by atoms with Crippen LogP contribution in [0.4, 0.5) is 0 Å². The van der Waals surface area contributed by atoms with Crippen molar-refractivity contribution in [3.8, 4) is 0 Å². The summed E-state index contributed by atoms with van der Waals surface area (Å²) in [5.41, 5.74) is 0.662. The first kappa shape index (κ1) is 10.8. The smallest absolute Gasteiger partial charge is 0.193 e. The van der Waals surface area contributed by atoms with Gasteiger partial charge in [-0.3, -0.25) is 4.79 Å². The molecule has 5 heteroatoms. The molecule has 0 radical (unpaired) electrons. The largest absolute Gasteiger partial charge is 0.298 e. The van der Waals surface area contributed by atoms with Crippen molar-refractivity contribution >= 4 is 27.0 Å². The predicted molar refractivity (Wildman–Crippen MR) is 60.2 cm³/mol. The van der Waals surface area contributed by atoms with Crippen LogP contribution in [0.5, 0.6) is 0 Å². The minimum absolute atomic E-state index is 0.0983. The van der Waals surface area contributed by atoms with Crippen LogP contribution < -0.4 is 0 Å². The summed E-state index contributed by atoms with van der Waals surface area (Å²) in [5.74, 6) is 0. The van der Waals surface area contributed by atoms with Crippen LogP contribution in [0.25, 0.3) is 10.9 Å². The lowest BCUT2D eigenvalue weighted by Crippen LogP contribution is -2.05. The van der Waals surface area contributed by atoms with Gasteiger partial charge in [0.1, 0.15) is 0 Å². The van der Waals surface area contributed by atoms with Gasteiger partial charge in [0, 0.05) is 11.6 Å². The van der Waals surface area contributed by atoms with Crippen molar-refractivity contribution in [3.05, 3.63) is 35.9 Å². The summed E-state index contributed by atoms with van der Waals surface area (Å²) in [6, 6.07) is 8.59. The molecule has 0 spiro atoms. The number of nitrogens with zero attached hydrogens (tertiary/aromatic N) is 1. The fourth-order valence-electron chi connectivity index (χ4n) is 1.50. The van der Waals surface area contributed by atoms with Gasteiger partial charge in [-0.1, -0.05) is 18.2 Å². The standard InChI is InChI=1S/C11H9NO3S/c1-16(14,15)11-9(7-13)6-8-4-2-3-5-10(8)12-11/h2-7H,1H3. The van der Waals surface area contributed by atoms with Crippen molar-refractivity contribution in [2.45, 2.75) is 5.03 Å². The van der Waals surface area contributed by atoms with E-state index in [0.717, 1.165) is 11.6 Å². The topological polar surface area (TPSA) is 64.1 Å². The summed E-state index contributed by atoms with van der Waals surface area (Å²) in [6.45, 7) is 0. The molecule has 0 saturated heterocycles. The Morgan fingerprint density at radius 1 is 1.25 bits per heavy atom. The number of fused-ring (bicyclic) bond motifs is 1. The highest BCUT2D eigenvalue weighted by Gasteiger charge is 2.15. The maximum Gasteiger partial charge on any atom is 0.193 e. The van der Waals surface area contributed by atoms with Crippen LogP contribution in [0.1, 0.15) is 10.4 Å². The summed E-state index contributed by atoms with van der Waals surface area (Å²) < 4.78 is 22.9. The van der Waals surface area contributed by atoms with Crippen molar-refractivity contribution in [3.63, 3.8) is 0 Å². The molecule has 0 saturated carbocycles. The number of para-hydroxylation sites is 1. The van der Waals surface area contributed by atoms with E-state index < -0.39 is 9.84 Å². The first-order chi connectivity index (χ1) is 7.52. The van der Waals surface area contributed by atoms with Crippen molar-refractivity contribution < 1.29 is 13.2 Å². The molecule has 2 aromatic rings. The van der Waals surface area contributed by atoms with Crippen molar-refractivity contribution in [2.75, 3.05) is 6.26 Å². The molecule has 1 aromatic heterocycles. The highest BCUT2D eigenvalue weighted by molar-refractivity contribution is 7.90. The van der Waals surface area contributed by atoms with E-state index in [1.165, 1.54) is 6.07 Å². The molecule has 0 amide bonds. The Morgan fingerprint density at radius 2 is 1.94 bits per heavy atom. The van der Waals surface area contributed by atoms with Crippen LogP contribution >= 0.6 is 0 Å². The predicted octanol–water partition coefficient (Wildman–Crippen LogP) is 1.45. The molecule has 0 N–H and O–H groups in total. The molecule has 0 unspecified atom stereocenters. The highest BCUT2D eigenvalue weighted by atomic mass is 32.2. The van der Waals surface area contributed by atoms with Crippen LogP contribution in [-0.4, -0.2) is 25.9 Å².